The number of nitrogens with one attached hydrogen (secondary N) is 1. The highest BCUT2D eigenvalue weighted by atomic mass is 35.5. The van der Waals surface area contributed by atoms with E-state index in [2.05, 4.69) is 53.3 Å². The second-order valence-electron chi connectivity index (χ2n) is 5.48. The topological polar surface area (TPSA) is 28.2 Å². The van der Waals surface area contributed by atoms with Crippen LogP contribution in [0.1, 0.15) is 25.0 Å². The first-order valence-electron chi connectivity index (χ1n) is 7.43. The number of nitrogens with zero attached hydrogens (tertiary/aromatic N) is 2. The fourth-order valence-corrected chi connectivity index (χ4v) is 3.18. The van der Waals surface area contributed by atoms with E-state index in [1.165, 1.54) is 11.3 Å². The molecule has 0 saturated carbocycles. The van der Waals surface area contributed by atoms with Crippen LogP contribution in [-0.4, -0.2) is 17.6 Å². The van der Waals surface area contributed by atoms with Gasteiger partial charge in [0.15, 0.2) is 5.82 Å². The summed E-state index contributed by atoms with van der Waals surface area (Å²) in [5, 5.41) is 4.01. The maximum absolute atomic E-state index is 6.49. The Balaban J connectivity index is 1.94. The van der Waals surface area contributed by atoms with Crippen LogP contribution in [0.25, 0.3) is 0 Å². The summed E-state index contributed by atoms with van der Waals surface area (Å²) in [5.41, 5.74) is 3.70. The summed E-state index contributed by atoms with van der Waals surface area (Å²) in [6, 6.07) is 10.9. The highest BCUT2D eigenvalue weighted by Crippen LogP contribution is 2.39. The molecule has 0 fully saturated rings. The zero-order valence-corrected chi connectivity index (χ0v) is 13.2. The normalized spacial score (nSPS) is 17.1. The summed E-state index contributed by atoms with van der Waals surface area (Å²) >= 11 is 6.49. The standard InChI is InChI=1S/C17H20ClN3/c1-3-19-10-13-9-15(18)17(20-11-13)21-12(2)8-14-6-4-5-7-16(14)21/h4-7,9,11-12,19H,3,8,10H2,1-2H3. The van der Waals surface area contributed by atoms with Crippen LogP contribution >= 0.6 is 11.6 Å². The van der Waals surface area contributed by atoms with Crippen LogP contribution in [-0.2, 0) is 13.0 Å². The third kappa shape index (κ3) is 2.76. The van der Waals surface area contributed by atoms with Crippen LogP contribution in [0.5, 0.6) is 0 Å². The highest BCUT2D eigenvalue weighted by molar-refractivity contribution is 6.33. The Morgan fingerprint density at radius 3 is 2.95 bits per heavy atom. The molecule has 0 aliphatic carbocycles. The van der Waals surface area contributed by atoms with Crippen LogP contribution in [0.2, 0.25) is 5.02 Å². The van der Waals surface area contributed by atoms with Gasteiger partial charge in [-0.05, 0) is 43.1 Å². The van der Waals surface area contributed by atoms with Gasteiger partial charge in [-0.1, -0.05) is 36.7 Å². The average Bonchev–Trinajstić information content (AvgIpc) is 2.81. The maximum atomic E-state index is 6.49. The maximum Gasteiger partial charge on any atom is 0.152 e. The van der Waals surface area contributed by atoms with Crippen molar-refractivity contribution in [1.29, 1.82) is 0 Å². The Bertz CT molecular complexity index is 642. The van der Waals surface area contributed by atoms with E-state index in [4.69, 9.17) is 11.6 Å². The number of pyridine rings is 1. The molecule has 0 radical (unpaired) electrons. The second kappa shape index (κ2) is 6.04. The number of halogens is 1. The summed E-state index contributed by atoms with van der Waals surface area (Å²) in [6.07, 6.45) is 2.95. The van der Waals surface area contributed by atoms with Crippen molar-refractivity contribution < 1.29 is 0 Å². The number of anilines is 2. The van der Waals surface area contributed by atoms with Crippen LogP contribution in [0.15, 0.2) is 36.5 Å². The Labute approximate surface area is 131 Å². The summed E-state index contributed by atoms with van der Waals surface area (Å²) in [7, 11) is 0. The molecule has 0 amide bonds. The summed E-state index contributed by atoms with van der Waals surface area (Å²) in [6.45, 7) is 6.04. The van der Waals surface area contributed by atoms with Crippen molar-refractivity contribution >= 4 is 23.1 Å². The fraction of sp³-hybridized carbons (Fsp3) is 0.353. The van der Waals surface area contributed by atoms with E-state index in [0.29, 0.717) is 11.1 Å². The largest absolute Gasteiger partial charge is 0.322 e. The zero-order valence-electron chi connectivity index (χ0n) is 12.4. The molecule has 1 aliphatic heterocycles. The highest BCUT2D eigenvalue weighted by Gasteiger charge is 2.29. The number of fused-ring (bicyclic) bond motifs is 1. The SMILES string of the molecule is CCNCc1cnc(N2c3ccccc3CC2C)c(Cl)c1. The smallest absolute Gasteiger partial charge is 0.152 e. The van der Waals surface area contributed by atoms with Crippen LogP contribution in [0.3, 0.4) is 0 Å². The van der Waals surface area contributed by atoms with E-state index >= 15 is 0 Å². The summed E-state index contributed by atoms with van der Waals surface area (Å²) < 4.78 is 0. The van der Waals surface area contributed by atoms with Gasteiger partial charge >= 0.3 is 0 Å². The number of hydrogen-bond acceptors (Lipinski definition) is 3. The molecule has 0 saturated heterocycles. The van der Waals surface area contributed by atoms with Crippen LogP contribution < -0.4 is 10.2 Å². The van der Waals surface area contributed by atoms with Crippen molar-refractivity contribution in [2.45, 2.75) is 32.9 Å². The minimum absolute atomic E-state index is 0.381. The van der Waals surface area contributed by atoms with E-state index in [1.807, 2.05) is 12.3 Å². The Kier molecular flexibility index (Phi) is 4.13. The van der Waals surface area contributed by atoms with Gasteiger partial charge in [0, 0.05) is 24.5 Å². The number of aromatic nitrogens is 1. The molecule has 0 spiro atoms. The van der Waals surface area contributed by atoms with Gasteiger partial charge in [-0.25, -0.2) is 4.98 Å². The van der Waals surface area contributed by atoms with Gasteiger partial charge in [0.25, 0.3) is 0 Å². The Morgan fingerprint density at radius 1 is 1.38 bits per heavy atom. The van der Waals surface area contributed by atoms with Gasteiger partial charge < -0.3 is 10.2 Å². The van der Waals surface area contributed by atoms with E-state index in [1.54, 1.807) is 0 Å². The Hall–Kier alpha value is -1.58. The predicted molar refractivity (Wildman–Crippen MR) is 88.4 cm³/mol. The molecule has 1 atom stereocenters. The molecule has 1 aromatic carbocycles. The van der Waals surface area contributed by atoms with E-state index in [0.717, 1.165) is 30.9 Å². The quantitative estimate of drug-likeness (QED) is 0.927. The molecule has 1 aliphatic rings. The molecule has 4 heteroatoms. The van der Waals surface area contributed by atoms with Gasteiger partial charge in [-0.2, -0.15) is 0 Å². The second-order valence-corrected chi connectivity index (χ2v) is 5.89. The fourth-order valence-electron chi connectivity index (χ4n) is 2.90. The van der Waals surface area contributed by atoms with Gasteiger partial charge in [0.1, 0.15) is 0 Å². The van der Waals surface area contributed by atoms with E-state index in [9.17, 15) is 0 Å². The number of hydrogen-bond donors (Lipinski definition) is 1. The van der Waals surface area contributed by atoms with Gasteiger partial charge in [0.2, 0.25) is 0 Å². The van der Waals surface area contributed by atoms with Gasteiger partial charge in [-0.3, -0.25) is 0 Å². The molecular weight excluding hydrogens is 282 g/mol. The third-order valence-electron chi connectivity index (χ3n) is 3.89. The Morgan fingerprint density at radius 2 is 2.19 bits per heavy atom. The van der Waals surface area contributed by atoms with E-state index < -0.39 is 0 Å². The molecule has 21 heavy (non-hydrogen) atoms. The minimum atomic E-state index is 0.381. The van der Waals surface area contributed by atoms with E-state index in [-0.39, 0.29) is 0 Å². The first-order chi connectivity index (χ1) is 10.2. The van der Waals surface area contributed by atoms with Gasteiger partial charge in [-0.15, -0.1) is 0 Å². The molecular formula is C17H20ClN3. The third-order valence-corrected chi connectivity index (χ3v) is 4.17. The average molecular weight is 302 g/mol. The molecule has 1 aromatic heterocycles. The summed E-state index contributed by atoms with van der Waals surface area (Å²) in [4.78, 5) is 6.86. The predicted octanol–water partition coefficient (Wildman–Crippen LogP) is 3.93. The minimum Gasteiger partial charge on any atom is -0.322 e. The van der Waals surface area contributed by atoms with Gasteiger partial charge in [0.05, 0.1) is 5.02 Å². The number of para-hydroxylation sites is 1. The number of benzene rings is 1. The number of rotatable bonds is 4. The van der Waals surface area contributed by atoms with Crippen LogP contribution in [0.4, 0.5) is 11.5 Å². The lowest BCUT2D eigenvalue weighted by Gasteiger charge is -2.25. The lowest BCUT2D eigenvalue weighted by Crippen LogP contribution is -2.25. The first kappa shape index (κ1) is 14.4. The lowest BCUT2D eigenvalue weighted by molar-refractivity contribution is 0.721. The van der Waals surface area contributed by atoms with Crippen molar-refractivity contribution in [1.82, 2.24) is 10.3 Å². The van der Waals surface area contributed by atoms with Crippen LogP contribution in [0, 0.1) is 0 Å². The van der Waals surface area contributed by atoms with Crippen molar-refractivity contribution in [3.8, 4) is 0 Å². The molecule has 2 heterocycles. The molecule has 110 valence electrons. The van der Waals surface area contributed by atoms with Crippen molar-refractivity contribution in [2.24, 2.45) is 0 Å². The molecule has 1 unspecified atom stereocenters. The van der Waals surface area contributed by atoms with Crippen molar-refractivity contribution in [3.63, 3.8) is 0 Å². The molecule has 3 rings (SSSR count). The molecule has 3 nitrogen and oxygen atoms in total. The molecule has 0 bridgehead atoms. The zero-order chi connectivity index (χ0) is 14.8. The van der Waals surface area contributed by atoms with Crippen molar-refractivity contribution in [2.75, 3.05) is 11.4 Å². The van der Waals surface area contributed by atoms with Crippen molar-refractivity contribution in [3.05, 3.63) is 52.7 Å². The molecule has 2 aromatic rings. The lowest BCUT2D eigenvalue weighted by atomic mass is 10.1. The monoisotopic (exact) mass is 301 g/mol. The summed E-state index contributed by atoms with van der Waals surface area (Å²) in [5.74, 6) is 0.856. The first-order valence-corrected chi connectivity index (χ1v) is 7.80. The molecule has 1 N–H and O–H groups in total.